The van der Waals surface area contributed by atoms with Crippen molar-refractivity contribution < 1.29 is 14.7 Å². The fraction of sp³-hybridized carbons (Fsp3) is 0.444. The van der Waals surface area contributed by atoms with Crippen molar-refractivity contribution in [1.29, 1.82) is 0 Å². The molecular weight excluding hydrogens is 306 g/mol. The predicted octanol–water partition coefficient (Wildman–Crippen LogP) is 2.18. The van der Waals surface area contributed by atoms with Gasteiger partial charge in [-0.25, -0.2) is 0 Å². The second kappa shape index (κ2) is 7.49. The SMILES string of the molecule is O=C(O)CCCCN1CCN(C(=O)c2cc3ccccc3[nH]2)CC1. The molecule has 1 aromatic carbocycles. The van der Waals surface area contributed by atoms with E-state index in [2.05, 4.69) is 9.88 Å². The highest BCUT2D eigenvalue weighted by atomic mass is 16.4. The van der Waals surface area contributed by atoms with E-state index in [4.69, 9.17) is 5.11 Å². The molecule has 0 spiro atoms. The Balaban J connectivity index is 1.49. The molecule has 0 unspecified atom stereocenters. The molecule has 6 nitrogen and oxygen atoms in total. The van der Waals surface area contributed by atoms with Gasteiger partial charge in [0, 0.05) is 43.5 Å². The number of hydrogen-bond acceptors (Lipinski definition) is 3. The van der Waals surface area contributed by atoms with Gasteiger partial charge in [0.15, 0.2) is 0 Å². The number of para-hydroxylation sites is 1. The minimum absolute atomic E-state index is 0.0525. The Morgan fingerprint density at radius 1 is 1.08 bits per heavy atom. The van der Waals surface area contributed by atoms with Gasteiger partial charge in [-0.05, 0) is 31.5 Å². The monoisotopic (exact) mass is 329 g/mol. The average molecular weight is 329 g/mol. The summed E-state index contributed by atoms with van der Waals surface area (Å²) < 4.78 is 0. The summed E-state index contributed by atoms with van der Waals surface area (Å²) >= 11 is 0. The highest BCUT2D eigenvalue weighted by Gasteiger charge is 2.22. The first-order valence-corrected chi connectivity index (χ1v) is 8.44. The van der Waals surface area contributed by atoms with Crippen LogP contribution in [0, 0.1) is 0 Å². The van der Waals surface area contributed by atoms with Crippen molar-refractivity contribution in [3.05, 3.63) is 36.0 Å². The lowest BCUT2D eigenvalue weighted by atomic mass is 10.2. The number of carbonyl (C=O) groups excluding carboxylic acids is 1. The molecule has 24 heavy (non-hydrogen) atoms. The van der Waals surface area contributed by atoms with Crippen molar-refractivity contribution in [3.63, 3.8) is 0 Å². The second-order valence-corrected chi connectivity index (χ2v) is 6.25. The third-order valence-electron chi connectivity index (χ3n) is 4.53. The smallest absolute Gasteiger partial charge is 0.303 e. The number of aromatic nitrogens is 1. The standard InChI is InChI=1S/C18H23N3O3/c22-17(23)7-3-4-8-20-9-11-21(12-10-20)18(24)16-13-14-5-1-2-6-15(14)19-16/h1-2,5-6,13,19H,3-4,7-12H2,(H,22,23). The average Bonchev–Trinajstić information content (AvgIpc) is 3.02. The van der Waals surface area contributed by atoms with Crippen molar-refractivity contribution in [2.45, 2.75) is 19.3 Å². The van der Waals surface area contributed by atoms with Gasteiger partial charge >= 0.3 is 5.97 Å². The zero-order valence-corrected chi connectivity index (χ0v) is 13.7. The van der Waals surface area contributed by atoms with Gasteiger partial charge < -0.3 is 15.0 Å². The molecule has 2 aromatic rings. The van der Waals surface area contributed by atoms with Gasteiger partial charge in [0.1, 0.15) is 5.69 Å². The van der Waals surface area contributed by atoms with E-state index < -0.39 is 5.97 Å². The molecule has 0 atom stereocenters. The van der Waals surface area contributed by atoms with E-state index in [1.165, 1.54) is 0 Å². The third-order valence-corrected chi connectivity index (χ3v) is 4.53. The number of piperazine rings is 1. The number of nitrogens with one attached hydrogen (secondary N) is 1. The number of carbonyl (C=O) groups is 2. The summed E-state index contributed by atoms with van der Waals surface area (Å²) in [5, 5.41) is 9.70. The molecule has 128 valence electrons. The quantitative estimate of drug-likeness (QED) is 0.797. The Kier molecular flexibility index (Phi) is 5.15. The molecule has 1 fully saturated rings. The van der Waals surface area contributed by atoms with Crippen LogP contribution in [0.15, 0.2) is 30.3 Å². The Bertz CT molecular complexity index is 684. The normalized spacial score (nSPS) is 15.8. The Morgan fingerprint density at radius 2 is 1.83 bits per heavy atom. The van der Waals surface area contributed by atoms with Crippen LogP contribution in [0.2, 0.25) is 0 Å². The van der Waals surface area contributed by atoms with Crippen LogP contribution in [0.5, 0.6) is 0 Å². The lowest BCUT2D eigenvalue weighted by Gasteiger charge is -2.34. The summed E-state index contributed by atoms with van der Waals surface area (Å²) in [6.07, 6.45) is 1.84. The van der Waals surface area contributed by atoms with E-state index in [1.54, 1.807) is 0 Å². The topological polar surface area (TPSA) is 76.6 Å². The number of amides is 1. The molecule has 0 aliphatic carbocycles. The third kappa shape index (κ3) is 3.94. The summed E-state index contributed by atoms with van der Waals surface area (Å²) in [5.74, 6) is -0.680. The number of rotatable bonds is 6. The lowest BCUT2D eigenvalue weighted by Crippen LogP contribution is -2.48. The van der Waals surface area contributed by atoms with Gasteiger partial charge in [0.25, 0.3) is 5.91 Å². The maximum Gasteiger partial charge on any atom is 0.303 e. The summed E-state index contributed by atoms with van der Waals surface area (Å²) in [7, 11) is 0. The molecule has 6 heteroatoms. The molecule has 1 amide bonds. The van der Waals surface area contributed by atoms with Gasteiger partial charge in [-0.15, -0.1) is 0 Å². The molecule has 1 aliphatic heterocycles. The summed E-state index contributed by atoms with van der Waals surface area (Å²) in [4.78, 5) is 30.5. The van der Waals surface area contributed by atoms with Gasteiger partial charge in [0.2, 0.25) is 0 Å². The number of aliphatic carboxylic acids is 1. The van der Waals surface area contributed by atoms with Crippen LogP contribution in [-0.4, -0.2) is 64.5 Å². The van der Waals surface area contributed by atoms with Crippen LogP contribution < -0.4 is 0 Å². The Hall–Kier alpha value is -2.34. The van der Waals surface area contributed by atoms with Gasteiger partial charge in [0.05, 0.1) is 0 Å². The Labute approximate surface area is 141 Å². The largest absolute Gasteiger partial charge is 0.481 e. The number of unbranched alkanes of at least 4 members (excludes halogenated alkanes) is 1. The van der Waals surface area contributed by atoms with Crippen LogP contribution in [0.25, 0.3) is 10.9 Å². The van der Waals surface area contributed by atoms with E-state index in [-0.39, 0.29) is 12.3 Å². The van der Waals surface area contributed by atoms with Crippen molar-refractivity contribution in [3.8, 4) is 0 Å². The Morgan fingerprint density at radius 3 is 2.54 bits per heavy atom. The van der Waals surface area contributed by atoms with Crippen LogP contribution in [0.3, 0.4) is 0 Å². The first kappa shape index (κ1) is 16.5. The van der Waals surface area contributed by atoms with Crippen LogP contribution in [0.4, 0.5) is 0 Å². The number of carboxylic acid groups (broad SMARTS) is 1. The van der Waals surface area contributed by atoms with Crippen molar-refractivity contribution >= 4 is 22.8 Å². The number of nitrogens with zero attached hydrogens (tertiary/aromatic N) is 2. The zero-order valence-electron chi connectivity index (χ0n) is 13.7. The molecule has 0 saturated carbocycles. The molecule has 3 rings (SSSR count). The number of hydrogen-bond donors (Lipinski definition) is 2. The summed E-state index contributed by atoms with van der Waals surface area (Å²) in [6, 6.07) is 9.80. The van der Waals surface area contributed by atoms with Crippen molar-refractivity contribution in [1.82, 2.24) is 14.8 Å². The lowest BCUT2D eigenvalue weighted by molar-refractivity contribution is -0.137. The minimum Gasteiger partial charge on any atom is -0.481 e. The number of aromatic amines is 1. The highest BCUT2D eigenvalue weighted by Crippen LogP contribution is 2.17. The minimum atomic E-state index is -0.733. The number of carboxylic acids is 1. The van der Waals surface area contributed by atoms with Gasteiger partial charge in [-0.3, -0.25) is 14.5 Å². The van der Waals surface area contributed by atoms with E-state index in [0.29, 0.717) is 25.2 Å². The molecule has 2 heterocycles. The number of benzene rings is 1. The second-order valence-electron chi connectivity index (χ2n) is 6.25. The highest BCUT2D eigenvalue weighted by molar-refractivity contribution is 5.98. The number of H-pyrrole nitrogens is 1. The van der Waals surface area contributed by atoms with Crippen LogP contribution >= 0.6 is 0 Å². The van der Waals surface area contributed by atoms with Crippen molar-refractivity contribution in [2.75, 3.05) is 32.7 Å². The van der Waals surface area contributed by atoms with Gasteiger partial charge in [-0.2, -0.15) is 0 Å². The van der Waals surface area contributed by atoms with E-state index >= 15 is 0 Å². The summed E-state index contributed by atoms with van der Waals surface area (Å²) in [5.41, 5.74) is 1.63. The molecule has 2 N–H and O–H groups in total. The maximum absolute atomic E-state index is 12.6. The fourth-order valence-electron chi connectivity index (χ4n) is 3.15. The van der Waals surface area contributed by atoms with E-state index in [9.17, 15) is 9.59 Å². The van der Waals surface area contributed by atoms with Crippen LogP contribution in [-0.2, 0) is 4.79 Å². The van der Waals surface area contributed by atoms with Crippen molar-refractivity contribution in [2.24, 2.45) is 0 Å². The molecule has 1 aromatic heterocycles. The molecule has 0 radical (unpaired) electrons. The first-order chi connectivity index (χ1) is 11.6. The molecule has 1 aliphatic rings. The van der Waals surface area contributed by atoms with Gasteiger partial charge in [-0.1, -0.05) is 18.2 Å². The first-order valence-electron chi connectivity index (χ1n) is 8.44. The molecular formula is C18H23N3O3. The molecule has 0 bridgehead atoms. The van der Waals surface area contributed by atoms with E-state index in [1.807, 2.05) is 35.2 Å². The predicted molar refractivity (Wildman–Crippen MR) is 92.1 cm³/mol. The number of fused-ring (bicyclic) bond motifs is 1. The maximum atomic E-state index is 12.6. The fourth-order valence-corrected chi connectivity index (χ4v) is 3.15. The van der Waals surface area contributed by atoms with Crippen LogP contribution in [0.1, 0.15) is 29.8 Å². The zero-order chi connectivity index (χ0) is 16.9. The summed E-state index contributed by atoms with van der Waals surface area (Å²) in [6.45, 7) is 4.03. The molecule has 1 saturated heterocycles. The van der Waals surface area contributed by atoms with E-state index in [0.717, 1.165) is 37.0 Å².